The first-order chi connectivity index (χ1) is 20.4. The lowest BCUT2D eigenvalue weighted by Crippen LogP contribution is -1.85. The van der Waals surface area contributed by atoms with Crippen LogP contribution in [0.4, 0.5) is 0 Å². The lowest BCUT2D eigenvalue weighted by atomic mass is 10.0. The van der Waals surface area contributed by atoms with Crippen molar-refractivity contribution in [1.82, 2.24) is 0 Å². The van der Waals surface area contributed by atoms with Crippen LogP contribution in [-0.2, 0) is 0 Å². The van der Waals surface area contributed by atoms with Crippen molar-refractivity contribution in [2.45, 2.75) is 245 Å². The standard InChI is InChI=1S/C40H81S/c1-3-5-7-9-11-13-15-16-17-18-19-20-21-22-23-24-25-26-27-28-29-30-32-34-36-38-40-41-39-37-35-33-31-14-12-10-8-6-4-2/h40H,3-39H2,1-2H3. The third kappa shape index (κ3) is 40.4. The largest absolute Gasteiger partial charge is 0.157 e. The molecule has 0 aliphatic rings. The average Bonchev–Trinajstić information content (AvgIpc) is 2.98. The van der Waals surface area contributed by atoms with E-state index in [1.807, 2.05) is 0 Å². The zero-order chi connectivity index (χ0) is 29.6. The summed E-state index contributed by atoms with van der Waals surface area (Å²) >= 11 is 2.10. The Hall–Kier alpha value is 0.350. The maximum atomic E-state index is 2.51. The second-order valence-electron chi connectivity index (χ2n) is 13.5. The normalized spacial score (nSPS) is 11.6. The van der Waals surface area contributed by atoms with E-state index in [1.165, 1.54) is 237 Å². The van der Waals surface area contributed by atoms with E-state index in [9.17, 15) is 0 Å². The van der Waals surface area contributed by atoms with Crippen LogP contribution in [0, 0.1) is 5.75 Å². The number of hydrogen-bond donors (Lipinski definition) is 0. The van der Waals surface area contributed by atoms with Crippen LogP contribution in [0.1, 0.15) is 245 Å². The molecule has 0 bridgehead atoms. The first kappa shape index (κ1) is 41.4. The van der Waals surface area contributed by atoms with E-state index in [2.05, 4.69) is 31.4 Å². The second-order valence-corrected chi connectivity index (χ2v) is 14.6. The fraction of sp³-hybridized carbons (Fsp3) is 0.975. The van der Waals surface area contributed by atoms with E-state index in [4.69, 9.17) is 0 Å². The Kier molecular flexibility index (Phi) is 40.7. The van der Waals surface area contributed by atoms with Crippen molar-refractivity contribution in [3.05, 3.63) is 5.75 Å². The van der Waals surface area contributed by atoms with Gasteiger partial charge in [-0.15, -0.1) is 0 Å². The fourth-order valence-corrected chi connectivity index (χ4v) is 7.08. The van der Waals surface area contributed by atoms with Gasteiger partial charge in [0, 0.05) is 5.75 Å². The van der Waals surface area contributed by atoms with Crippen LogP contribution in [0.5, 0.6) is 0 Å². The summed E-state index contributed by atoms with van der Waals surface area (Å²) in [4.78, 5) is 0. The molecule has 0 spiro atoms. The quantitative estimate of drug-likeness (QED) is 0.0641. The van der Waals surface area contributed by atoms with Crippen molar-refractivity contribution in [3.8, 4) is 0 Å². The molecular weight excluding hydrogens is 513 g/mol. The van der Waals surface area contributed by atoms with Gasteiger partial charge in [-0.3, -0.25) is 0 Å². The Morgan fingerprint density at radius 3 is 0.756 bits per heavy atom. The van der Waals surface area contributed by atoms with Crippen molar-refractivity contribution >= 4 is 11.8 Å². The molecule has 0 fully saturated rings. The Labute approximate surface area is 267 Å². The minimum atomic E-state index is 1.34. The summed E-state index contributed by atoms with van der Waals surface area (Å²) in [6.07, 6.45) is 52.8. The van der Waals surface area contributed by atoms with E-state index in [-0.39, 0.29) is 0 Å². The summed E-state index contributed by atoms with van der Waals surface area (Å²) in [5.41, 5.74) is 0. The second kappa shape index (κ2) is 40.4. The summed E-state index contributed by atoms with van der Waals surface area (Å²) in [7, 11) is 0. The molecule has 0 aromatic heterocycles. The van der Waals surface area contributed by atoms with Gasteiger partial charge in [-0.2, -0.15) is 11.8 Å². The predicted molar refractivity (Wildman–Crippen MR) is 194 cm³/mol. The maximum Gasteiger partial charge on any atom is 0.0166 e. The molecule has 247 valence electrons. The van der Waals surface area contributed by atoms with Gasteiger partial charge in [-0.05, 0) is 18.6 Å². The lowest BCUT2D eigenvalue weighted by molar-refractivity contribution is 0.516. The molecule has 0 N–H and O–H groups in total. The Morgan fingerprint density at radius 2 is 0.488 bits per heavy atom. The van der Waals surface area contributed by atoms with Gasteiger partial charge in [-0.25, -0.2) is 0 Å². The first-order valence-electron chi connectivity index (χ1n) is 19.8. The van der Waals surface area contributed by atoms with Crippen LogP contribution in [-0.4, -0.2) is 5.75 Å². The van der Waals surface area contributed by atoms with Gasteiger partial charge in [0.25, 0.3) is 0 Å². The van der Waals surface area contributed by atoms with Crippen LogP contribution in [0.3, 0.4) is 0 Å². The van der Waals surface area contributed by atoms with Crippen molar-refractivity contribution in [1.29, 1.82) is 0 Å². The van der Waals surface area contributed by atoms with Crippen molar-refractivity contribution in [2.24, 2.45) is 0 Å². The summed E-state index contributed by atoms with van der Waals surface area (Å²) in [5.74, 6) is 3.86. The van der Waals surface area contributed by atoms with Gasteiger partial charge in [0.1, 0.15) is 0 Å². The first-order valence-corrected chi connectivity index (χ1v) is 20.9. The molecule has 0 saturated heterocycles. The monoisotopic (exact) mass is 594 g/mol. The van der Waals surface area contributed by atoms with Gasteiger partial charge in [-0.1, -0.05) is 232 Å². The number of rotatable bonds is 38. The topological polar surface area (TPSA) is 0 Å². The molecule has 0 heterocycles. The molecule has 0 saturated carbocycles. The zero-order valence-corrected chi connectivity index (χ0v) is 30.0. The third-order valence-electron chi connectivity index (χ3n) is 9.16. The molecule has 1 heteroatoms. The molecule has 0 aromatic rings. The fourth-order valence-electron chi connectivity index (χ4n) is 6.21. The lowest BCUT2D eigenvalue weighted by Gasteiger charge is -2.05. The summed E-state index contributed by atoms with van der Waals surface area (Å²) in [6.45, 7) is 4.61. The number of unbranched alkanes of at least 4 members (excludes halogenated alkanes) is 34. The predicted octanol–water partition coefficient (Wildman–Crippen LogP) is 16.0. The Bertz CT molecular complexity index is 381. The number of hydrogen-bond acceptors (Lipinski definition) is 1. The molecule has 0 unspecified atom stereocenters. The van der Waals surface area contributed by atoms with Crippen LogP contribution < -0.4 is 0 Å². The minimum absolute atomic E-state index is 1.34. The highest BCUT2D eigenvalue weighted by atomic mass is 32.2. The highest BCUT2D eigenvalue weighted by Crippen LogP contribution is 2.19. The molecule has 0 nitrogen and oxygen atoms in total. The zero-order valence-electron chi connectivity index (χ0n) is 29.1. The minimum Gasteiger partial charge on any atom is -0.157 e. The van der Waals surface area contributed by atoms with Crippen LogP contribution >= 0.6 is 11.8 Å². The Morgan fingerprint density at radius 1 is 0.268 bits per heavy atom. The highest BCUT2D eigenvalue weighted by Gasteiger charge is 1.98. The van der Waals surface area contributed by atoms with Gasteiger partial charge in [0.15, 0.2) is 0 Å². The number of thioether (sulfide) groups is 1. The third-order valence-corrected chi connectivity index (χ3v) is 10.2. The molecule has 41 heavy (non-hydrogen) atoms. The van der Waals surface area contributed by atoms with E-state index in [1.54, 1.807) is 0 Å². The summed E-state index contributed by atoms with van der Waals surface area (Å²) in [6, 6.07) is 0. The highest BCUT2D eigenvalue weighted by molar-refractivity contribution is 8.01. The molecule has 0 rings (SSSR count). The molecular formula is C40H81S. The van der Waals surface area contributed by atoms with Crippen molar-refractivity contribution in [2.75, 3.05) is 5.75 Å². The molecule has 0 aliphatic heterocycles. The summed E-state index contributed by atoms with van der Waals surface area (Å²) < 4.78 is 0. The van der Waals surface area contributed by atoms with E-state index in [0.717, 1.165) is 0 Å². The van der Waals surface area contributed by atoms with E-state index >= 15 is 0 Å². The van der Waals surface area contributed by atoms with Crippen LogP contribution in [0.15, 0.2) is 0 Å². The van der Waals surface area contributed by atoms with E-state index in [0.29, 0.717) is 0 Å². The van der Waals surface area contributed by atoms with Crippen molar-refractivity contribution < 1.29 is 0 Å². The van der Waals surface area contributed by atoms with Crippen molar-refractivity contribution in [3.63, 3.8) is 0 Å². The van der Waals surface area contributed by atoms with Crippen LogP contribution in [0.25, 0.3) is 0 Å². The van der Waals surface area contributed by atoms with Gasteiger partial charge in [0.05, 0.1) is 0 Å². The molecule has 0 amide bonds. The van der Waals surface area contributed by atoms with Gasteiger partial charge < -0.3 is 0 Å². The Balaban J connectivity index is 3.02. The van der Waals surface area contributed by atoms with Gasteiger partial charge >= 0.3 is 0 Å². The average molecular weight is 594 g/mol. The molecule has 0 aromatic carbocycles. The summed E-state index contributed by atoms with van der Waals surface area (Å²) in [5, 5.41) is 0. The smallest absolute Gasteiger partial charge is 0.0166 e. The van der Waals surface area contributed by atoms with E-state index < -0.39 is 0 Å². The van der Waals surface area contributed by atoms with Crippen LogP contribution in [0.2, 0.25) is 0 Å². The van der Waals surface area contributed by atoms with Gasteiger partial charge in [0.2, 0.25) is 0 Å². The molecule has 0 atom stereocenters. The SMILES string of the molecule is CCCCCCCCCCCCCCCCCCCCCCCCCCC[CH]SCCCCCCCCCCCC. The molecule has 0 aliphatic carbocycles. The maximum absolute atomic E-state index is 2.51. The molecule has 1 radical (unpaired) electrons.